The lowest BCUT2D eigenvalue weighted by Gasteiger charge is -2.27. The van der Waals surface area contributed by atoms with Gasteiger partial charge in [0.25, 0.3) is 0 Å². The number of hydrogen-bond acceptors (Lipinski definition) is 5. The summed E-state index contributed by atoms with van der Waals surface area (Å²) in [5.74, 6) is -2.93. The summed E-state index contributed by atoms with van der Waals surface area (Å²) in [6, 6.07) is -0.980. The lowest BCUT2D eigenvalue weighted by Crippen LogP contribution is -2.58. The van der Waals surface area contributed by atoms with Crippen molar-refractivity contribution in [3.05, 3.63) is 0 Å². The Morgan fingerprint density at radius 3 is 2.57 bits per heavy atom. The third-order valence-electron chi connectivity index (χ3n) is 4.58. The minimum Gasteiger partial charge on any atom is -0.481 e. The highest BCUT2D eigenvalue weighted by Crippen LogP contribution is 2.61. The van der Waals surface area contributed by atoms with Gasteiger partial charge in [-0.05, 0) is 37.2 Å². The first-order chi connectivity index (χ1) is 9.82. The standard InChI is InChI=1S/C13H20N2O5S/c1-21-5-3-7(10(16)17)15-12(20)13(14)4-2-6-8(9(6)13)11(18)19/h6-9H,2-5,14H2,1H3,(H,15,20)(H,16,17)(H,18,19)/t6-,7+,8-,9-,13-/m0/s1. The van der Waals surface area contributed by atoms with Crippen molar-refractivity contribution in [2.75, 3.05) is 12.0 Å². The van der Waals surface area contributed by atoms with Crippen LogP contribution in [-0.4, -0.2) is 51.6 Å². The molecule has 2 aliphatic carbocycles. The molecule has 0 unspecified atom stereocenters. The Balaban J connectivity index is 2.02. The number of carbonyl (C=O) groups excluding carboxylic acids is 1. The Hall–Kier alpha value is -1.28. The van der Waals surface area contributed by atoms with Gasteiger partial charge in [0.15, 0.2) is 0 Å². The zero-order valence-corrected chi connectivity index (χ0v) is 12.6. The first-order valence-corrected chi connectivity index (χ1v) is 8.26. The number of hydrogen-bond donors (Lipinski definition) is 4. The van der Waals surface area contributed by atoms with Gasteiger partial charge in [0.05, 0.1) is 11.5 Å². The Morgan fingerprint density at radius 2 is 2.10 bits per heavy atom. The van der Waals surface area contributed by atoms with Gasteiger partial charge in [0.2, 0.25) is 5.91 Å². The van der Waals surface area contributed by atoms with Crippen molar-refractivity contribution < 1.29 is 24.6 Å². The van der Waals surface area contributed by atoms with Gasteiger partial charge < -0.3 is 21.3 Å². The first kappa shape index (κ1) is 16.1. The molecule has 2 fully saturated rings. The van der Waals surface area contributed by atoms with E-state index in [1.807, 2.05) is 6.26 Å². The number of thioether (sulfide) groups is 1. The second kappa shape index (κ2) is 5.84. The largest absolute Gasteiger partial charge is 0.481 e. The molecule has 118 valence electrons. The SMILES string of the molecule is CSCC[C@@H](NC(=O)[C@]1(N)CC[C@H]2[C@H](C(=O)O)[C@H]21)C(=O)O. The zero-order chi connectivity index (χ0) is 15.8. The van der Waals surface area contributed by atoms with Gasteiger partial charge in [-0.1, -0.05) is 0 Å². The maximum Gasteiger partial charge on any atom is 0.326 e. The highest BCUT2D eigenvalue weighted by molar-refractivity contribution is 7.98. The Morgan fingerprint density at radius 1 is 1.43 bits per heavy atom. The van der Waals surface area contributed by atoms with E-state index in [0.29, 0.717) is 25.0 Å². The molecule has 8 heteroatoms. The highest BCUT2D eigenvalue weighted by atomic mass is 32.2. The molecule has 0 bridgehead atoms. The Labute approximate surface area is 126 Å². The summed E-state index contributed by atoms with van der Waals surface area (Å²) in [7, 11) is 0. The second-order valence-electron chi connectivity index (χ2n) is 5.78. The molecule has 0 aromatic heterocycles. The van der Waals surface area contributed by atoms with Crippen LogP contribution in [0.4, 0.5) is 0 Å². The molecule has 5 N–H and O–H groups in total. The number of aliphatic carboxylic acids is 2. The summed E-state index contributed by atoms with van der Waals surface area (Å²) in [6.07, 6.45) is 3.18. The molecule has 2 rings (SSSR count). The number of fused-ring (bicyclic) bond motifs is 1. The van der Waals surface area contributed by atoms with Crippen molar-refractivity contribution in [1.29, 1.82) is 0 Å². The van der Waals surface area contributed by atoms with E-state index in [-0.39, 0.29) is 11.8 Å². The molecule has 1 amide bonds. The van der Waals surface area contributed by atoms with Gasteiger partial charge in [0.1, 0.15) is 6.04 Å². The molecule has 0 radical (unpaired) electrons. The Kier molecular flexibility index (Phi) is 4.48. The van der Waals surface area contributed by atoms with E-state index in [9.17, 15) is 14.4 Å². The maximum atomic E-state index is 12.4. The summed E-state index contributed by atoms with van der Waals surface area (Å²) in [6.45, 7) is 0. The van der Waals surface area contributed by atoms with Crippen molar-refractivity contribution in [2.45, 2.75) is 30.8 Å². The fraction of sp³-hybridized carbons (Fsp3) is 0.769. The molecule has 0 aliphatic heterocycles. The van der Waals surface area contributed by atoms with Crippen LogP contribution in [0, 0.1) is 17.8 Å². The van der Waals surface area contributed by atoms with Crippen LogP contribution in [0.25, 0.3) is 0 Å². The summed E-state index contributed by atoms with van der Waals surface area (Å²) in [5, 5.41) is 20.7. The number of amides is 1. The third-order valence-corrected chi connectivity index (χ3v) is 5.22. The molecule has 7 nitrogen and oxygen atoms in total. The van der Waals surface area contributed by atoms with Gasteiger partial charge in [-0.25, -0.2) is 4.79 Å². The van der Waals surface area contributed by atoms with E-state index in [2.05, 4.69) is 5.32 Å². The minimum absolute atomic E-state index is 0.0484. The smallest absolute Gasteiger partial charge is 0.326 e. The number of carboxylic acid groups (broad SMARTS) is 2. The molecular weight excluding hydrogens is 296 g/mol. The molecule has 0 spiro atoms. The van der Waals surface area contributed by atoms with Gasteiger partial charge in [0, 0.05) is 5.92 Å². The molecule has 5 atom stereocenters. The number of carbonyl (C=O) groups is 3. The van der Waals surface area contributed by atoms with Crippen LogP contribution in [-0.2, 0) is 14.4 Å². The third kappa shape index (κ3) is 2.87. The van der Waals surface area contributed by atoms with Crippen LogP contribution in [0.1, 0.15) is 19.3 Å². The van der Waals surface area contributed by atoms with E-state index in [1.54, 1.807) is 0 Å². The van der Waals surface area contributed by atoms with Crippen molar-refractivity contribution in [3.8, 4) is 0 Å². The van der Waals surface area contributed by atoms with Gasteiger partial charge in [-0.15, -0.1) is 0 Å². The van der Waals surface area contributed by atoms with Crippen LogP contribution in [0.3, 0.4) is 0 Å². The predicted molar refractivity (Wildman–Crippen MR) is 76.8 cm³/mol. The van der Waals surface area contributed by atoms with E-state index in [1.165, 1.54) is 11.8 Å². The quantitative estimate of drug-likeness (QED) is 0.509. The van der Waals surface area contributed by atoms with Crippen molar-refractivity contribution in [1.82, 2.24) is 5.32 Å². The molecular formula is C13H20N2O5S. The Bertz CT molecular complexity index is 471. The number of nitrogens with one attached hydrogen (secondary N) is 1. The summed E-state index contributed by atoms with van der Waals surface area (Å²) >= 11 is 1.50. The normalized spacial score (nSPS) is 34.9. The lowest BCUT2D eigenvalue weighted by atomic mass is 9.90. The number of rotatable bonds is 7. The van der Waals surface area contributed by atoms with Crippen molar-refractivity contribution >= 4 is 29.6 Å². The average molecular weight is 316 g/mol. The highest BCUT2D eigenvalue weighted by Gasteiger charge is 2.69. The maximum absolute atomic E-state index is 12.4. The summed E-state index contributed by atoms with van der Waals surface area (Å²) < 4.78 is 0. The van der Waals surface area contributed by atoms with Crippen LogP contribution in [0.5, 0.6) is 0 Å². The van der Waals surface area contributed by atoms with Gasteiger partial charge >= 0.3 is 11.9 Å². The van der Waals surface area contributed by atoms with Crippen LogP contribution < -0.4 is 11.1 Å². The molecule has 2 aliphatic rings. The minimum atomic E-state index is -1.25. The number of nitrogens with two attached hydrogens (primary N) is 1. The topological polar surface area (TPSA) is 130 Å². The predicted octanol–water partition coefficient (Wildman–Crippen LogP) is -0.253. The first-order valence-electron chi connectivity index (χ1n) is 6.87. The van der Waals surface area contributed by atoms with Gasteiger partial charge in [-0.3, -0.25) is 9.59 Å². The average Bonchev–Trinajstić information content (AvgIpc) is 3.06. The molecule has 0 aromatic carbocycles. The fourth-order valence-electron chi connectivity index (χ4n) is 3.39. The second-order valence-corrected chi connectivity index (χ2v) is 6.76. The van der Waals surface area contributed by atoms with E-state index in [4.69, 9.17) is 15.9 Å². The molecule has 2 saturated carbocycles. The van der Waals surface area contributed by atoms with Gasteiger partial charge in [-0.2, -0.15) is 11.8 Å². The fourth-order valence-corrected chi connectivity index (χ4v) is 3.87. The van der Waals surface area contributed by atoms with Crippen LogP contribution in [0.2, 0.25) is 0 Å². The molecule has 0 heterocycles. The zero-order valence-electron chi connectivity index (χ0n) is 11.7. The lowest BCUT2D eigenvalue weighted by molar-refractivity contribution is -0.144. The van der Waals surface area contributed by atoms with E-state index >= 15 is 0 Å². The van der Waals surface area contributed by atoms with Crippen molar-refractivity contribution in [3.63, 3.8) is 0 Å². The molecule has 0 saturated heterocycles. The summed E-state index contributed by atoms with van der Waals surface area (Å²) in [4.78, 5) is 34.6. The molecule has 21 heavy (non-hydrogen) atoms. The summed E-state index contributed by atoms with van der Waals surface area (Å²) in [5.41, 5.74) is 4.87. The van der Waals surface area contributed by atoms with Crippen molar-refractivity contribution in [2.24, 2.45) is 23.5 Å². The van der Waals surface area contributed by atoms with Crippen LogP contribution in [0.15, 0.2) is 0 Å². The monoisotopic (exact) mass is 316 g/mol. The number of carboxylic acids is 2. The molecule has 0 aromatic rings. The van der Waals surface area contributed by atoms with Crippen LogP contribution >= 0.6 is 11.8 Å². The van der Waals surface area contributed by atoms with E-state index in [0.717, 1.165) is 0 Å². The van der Waals surface area contributed by atoms with E-state index < -0.39 is 35.3 Å².